The van der Waals surface area contributed by atoms with Crippen LogP contribution in [0.15, 0.2) is 18.9 Å². The summed E-state index contributed by atoms with van der Waals surface area (Å²) in [4.78, 5) is 8.01. The van der Waals surface area contributed by atoms with Crippen LogP contribution in [0.3, 0.4) is 0 Å². The van der Waals surface area contributed by atoms with Crippen molar-refractivity contribution in [1.29, 1.82) is 0 Å². The molecule has 0 N–H and O–H groups in total. The van der Waals surface area contributed by atoms with Gasteiger partial charge in [-0.3, -0.25) is 0 Å². The molecule has 3 heterocycles. The van der Waals surface area contributed by atoms with E-state index in [0.29, 0.717) is 22.1 Å². The molecule has 0 aliphatic rings. The number of hydrogen-bond donors (Lipinski definition) is 0. The second kappa shape index (κ2) is 3.24. The normalized spacial score (nSPS) is 11.1. The molecule has 80 valence electrons. The zero-order valence-corrected chi connectivity index (χ0v) is 9.00. The first-order valence-corrected chi connectivity index (χ1v) is 4.84. The third-order valence-electron chi connectivity index (χ3n) is 2.19. The first-order valence-electron chi connectivity index (χ1n) is 4.46. The number of fused-ring (bicyclic) bond motifs is 1. The second-order valence-electron chi connectivity index (χ2n) is 3.20. The number of halogens is 1. The lowest BCUT2D eigenvalue weighted by atomic mass is 10.4. The van der Waals surface area contributed by atoms with E-state index < -0.39 is 0 Å². The Hall–Kier alpha value is -2.02. The van der Waals surface area contributed by atoms with Crippen molar-refractivity contribution in [2.45, 2.75) is 0 Å². The van der Waals surface area contributed by atoms with Gasteiger partial charge in [-0.05, 0) is 0 Å². The highest BCUT2D eigenvalue weighted by molar-refractivity contribution is 6.33. The summed E-state index contributed by atoms with van der Waals surface area (Å²) in [6.45, 7) is 0. The van der Waals surface area contributed by atoms with E-state index in [2.05, 4.69) is 25.3 Å². The largest absolute Gasteiger partial charge is 0.301 e. The van der Waals surface area contributed by atoms with Gasteiger partial charge in [0.05, 0.1) is 11.6 Å². The lowest BCUT2D eigenvalue weighted by Gasteiger charge is -2.00. The number of aryl methyl sites for hydroxylation is 1. The maximum atomic E-state index is 5.92. The molecule has 0 aliphatic carbocycles. The van der Waals surface area contributed by atoms with Crippen LogP contribution in [0, 0.1) is 0 Å². The van der Waals surface area contributed by atoms with Crippen LogP contribution in [-0.2, 0) is 7.05 Å². The standard InChI is InChI=1S/C8H6ClN7/c1-15-4-12-14-8(15)16-7-5(2-13-16)6(9)10-3-11-7/h2-4H,1H3. The number of aromatic nitrogens is 7. The summed E-state index contributed by atoms with van der Waals surface area (Å²) >= 11 is 5.92. The van der Waals surface area contributed by atoms with Crippen molar-refractivity contribution in [2.75, 3.05) is 0 Å². The Morgan fingerprint density at radius 1 is 1.31 bits per heavy atom. The maximum absolute atomic E-state index is 5.92. The van der Waals surface area contributed by atoms with E-state index in [1.807, 2.05) is 7.05 Å². The SMILES string of the molecule is Cn1cnnc1-n1ncc2c(Cl)ncnc21. The Morgan fingerprint density at radius 3 is 2.94 bits per heavy atom. The van der Waals surface area contributed by atoms with Gasteiger partial charge in [-0.25, -0.2) is 9.97 Å². The number of nitrogens with zero attached hydrogens (tertiary/aromatic N) is 7. The van der Waals surface area contributed by atoms with Gasteiger partial charge in [0.25, 0.3) is 5.95 Å². The van der Waals surface area contributed by atoms with Crippen molar-refractivity contribution < 1.29 is 0 Å². The highest BCUT2D eigenvalue weighted by Gasteiger charge is 2.12. The van der Waals surface area contributed by atoms with Crippen LogP contribution in [0.2, 0.25) is 5.15 Å². The summed E-state index contributed by atoms with van der Waals surface area (Å²) in [5, 5.41) is 13.0. The van der Waals surface area contributed by atoms with Crippen LogP contribution in [0.5, 0.6) is 0 Å². The molecule has 0 aliphatic heterocycles. The number of hydrogen-bond acceptors (Lipinski definition) is 5. The molecule has 3 rings (SSSR count). The molecule has 0 atom stereocenters. The van der Waals surface area contributed by atoms with Gasteiger partial charge in [-0.15, -0.1) is 10.2 Å². The van der Waals surface area contributed by atoms with Gasteiger partial charge in [0.2, 0.25) is 0 Å². The van der Waals surface area contributed by atoms with E-state index in [4.69, 9.17) is 11.6 Å². The molecule has 0 radical (unpaired) electrons. The summed E-state index contributed by atoms with van der Waals surface area (Å²) in [6.07, 6.45) is 4.58. The summed E-state index contributed by atoms with van der Waals surface area (Å²) in [5.74, 6) is 0.574. The molecule has 0 amide bonds. The van der Waals surface area contributed by atoms with Gasteiger partial charge in [-0.1, -0.05) is 11.6 Å². The quantitative estimate of drug-likeness (QED) is 0.578. The monoisotopic (exact) mass is 235 g/mol. The lowest BCUT2D eigenvalue weighted by molar-refractivity contribution is 0.759. The van der Waals surface area contributed by atoms with Gasteiger partial charge in [0, 0.05) is 7.05 Å². The van der Waals surface area contributed by atoms with E-state index in [-0.39, 0.29) is 0 Å². The summed E-state index contributed by atoms with van der Waals surface area (Å²) in [7, 11) is 1.83. The molecule has 3 aromatic rings. The molecule has 8 heteroatoms. The molecule has 0 spiro atoms. The minimum absolute atomic E-state index is 0.374. The first kappa shape index (κ1) is 9.22. The average Bonchev–Trinajstić information content (AvgIpc) is 2.84. The van der Waals surface area contributed by atoms with Crippen LogP contribution in [0.4, 0.5) is 0 Å². The van der Waals surface area contributed by atoms with Gasteiger partial charge in [-0.2, -0.15) is 9.78 Å². The van der Waals surface area contributed by atoms with Crippen LogP contribution < -0.4 is 0 Å². The van der Waals surface area contributed by atoms with Crippen molar-refractivity contribution in [2.24, 2.45) is 7.05 Å². The highest BCUT2D eigenvalue weighted by Crippen LogP contribution is 2.19. The smallest absolute Gasteiger partial charge is 0.253 e. The van der Waals surface area contributed by atoms with Crippen molar-refractivity contribution >= 4 is 22.6 Å². The molecule has 3 aromatic heterocycles. The third-order valence-corrected chi connectivity index (χ3v) is 2.50. The van der Waals surface area contributed by atoms with Crippen molar-refractivity contribution in [3.05, 3.63) is 24.0 Å². The van der Waals surface area contributed by atoms with Gasteiger partial charge < -0.3 is 4.57 Å². The molecular weight excluding hydrogens is 230 g/mol. The summed E-state index contributed by atoms with van der Waals surface area (Å²) in [5.41, 5.74) is 0.608. The van der Waals surface area contributed by atoms with Gasteiger partial charge in [0.1, 0.15) is 17.8 Å². The fourth-order valence-corrected chi connectivity index (χ4v) is 1.61. The van der Waals surface area contributed by atoms with Crippen LogP contribution in [0.1, 0.15) is 0 Å². The Balaban J connectivity index is 2.34. The van der Waals surface area contributed by atoms with Gasteiger partial charge in [0.15, 0.2) is 5.65 Å². The molecule has 0 saturated carbocycles. The molecule has 0 bridgehead atoms. The molecule has 0 aromatic carbocycles. The molecule has 0 saturated heterocycles. The van der Waals surface area contributed by atoms with Crippen LogP contribution in [-0.4, -0.2) is 34.5 Å². The van der Waals surface area contributed by atoms with E-state index in [1.165, 1.54) is 6.33 Å². The molecule has 0 unspecified atom stereocenters. The highest BCUT2D eigenvalue weighted by atomic mass is 35.5. The Bertz CT molecular complexity index is 655. The van der Waals surface area contributed by atoms with Crippen LogP contribution >= 0.6 is 11.6 Å². The molecule has 16 heavy (non-hydrogen) atoms. The van der Waals surface area contributed by atoms with Crippen molar-refractivity contribution in [3.8, 4) is 5.95 Å². The second-order valence-corrected chi connectivity index (χ2v) is 3.56. The predicted octanol–water partition coefficient (Wildman–Crippen LogP) is 0.597. The Labute approximate surface area is 94.7 Å². The topological polar surface area (TPSA) is 74.3 Å². The molecular formula is C8H6ClN7. The molecule has 0 fully saturated rings. The van der Waals surface area contributed by atoms with Crippen molar-refractivity contribution in [3.63, 3.8) is 0 Å². The molecule has 7 nitrogen and oxygen atoms in total. The lowest BCUT2D eigenvalue weighted by Crippen LogP contribution is -2.05. The average molecular weight is 236 g/mol. The summed E-state index contributed by atoms with van der Waals surface area (Å²) < 4.78 is 3.30. The van der Waals surface area contributed by atoms with E-state index in [1.54, 1.807) is 21.8 Å². The zero-order valence-electron chi connectivity index (χ0n) is 8.24. The Morgan fingerprint density at radius 2 is 2.19 bits per heavy atom. The van der Waals surface area contributed by atoms with Crippen molar-refractivity contribution in [1.82, 2.24) is 34.5 Å². The first-order chi connectivity index (χ1) is 7.77. The van der Waals surface area contributed by atoms with Crippen LogP contribution in [0.25, 0.3) is 17.0 Å². The Kier molecular flexibility index (Phi) is 1.87. The zero-order chi connectivity index (χ0) is 11.1. The minimum Gasteiger partial charge on any atom is -0.301 e. The number of rotatable bonds is 1. The maximum Gasteiger partial charge on any atom is 0.253 e. The van der Waals surface area contributed by atoms with E-state index in [0.717, 1.165) is 0 Å². The van der Waals surface area contributed by atoms with E-state index in [9.17, 15) is 0 Å². The van der Waals surface area contributed by atoms with E-state index >= 15 is 0 Å². The van der Waals surface area contributed by atoms with Gasteiger partial charge >= 0.3 is 0 Å². The third kappa shape index (κ3) is 1.18. The fraction of sp³-hybridized carbons (Fsp3) is 0.125. The fourth-order valence-electron chi connectivity index (χ4n) is 1.43. The summed E-state index contributed by atoms with van der Waals surface area (Å²) in [6, 6.07) is 0. The minimum atomic E-state index is 0.374. The predicted molar refractivity (Wildman–Crippen MR) is 56.2 cm³/mol.